The summed E-state index contributed by atoms with van der Waals surface area (Å²) in [6.07, 6.45) is 7.97. The molecule has 2 nitrogen and oxygen atoms in total. The maximum absolute atomic E-state index is 12.6. The van der Waals surface area contributed by atoms with Crippen LogP contribution in [0.1, 0.15) is 59.0 Å². The summed E-state index contributed by atoms with van der Waals surface area (Å²) in [5, 5.41) is 5.26. The van der Waals surface area contributed by atoms with E-state index >= 15 is 0 Å². The van der Waals surface area contributed by atoms with Crippen molar-refractivity contribution >= 4 is 17.2 Å². The molecule has 3 rings (SSSR count). The van der Waals surface area contributed by atoms with Crippen molar-refractivity contribution in [2.24, 2.45) is 0 Å². The van der Waals surface area contributed by atoms with Crippen LogP contribution in [0.15, 0.2) is 35.7 Å². The first-order chi connectivity index (χ1) is 11.2. The molecule has 0 radical (unpaired) electrons. The highest BCUT2D eigenvalue weighted by atomic mass is 32.1. The summed E-state index contributed by atoms with van der Waals surface area (Å²) < 4.78 is 0. The van der Waals surface area contributed by atoms with E-state index in [0.29, 0.717) is 0 Å². The number of hydrogen-bond donors (Lipinski definition) is 1. The van der Waals surface area contributed by atoms with E-state index in [9.17, 15) is 4.79 Å². The molecule has 23 heavy (non-hydrogen) atoms. The molecule has 0 saturated heterocycles. The summed E-state index contributed by atoms with van der Waals surface area (Å²) in [5.41, 5.74) is 3.58. The molecule has 1 heterocycles. The van der Waals surface area contributed by atoms with Crippen molar-refractivity contribution < 1.29 is 4.79 Å². The van der Waals surface area contributed by atoms with Crippen LogP contribution in [-0.2, 0) is 19.3 Å². The van der Waals surface area contributed by atoms with E-state index in [1.165, 1.54) is 35.3 Å². The van der Waals surface area contributed by atoms with Gasteiger partial charge in [-0.15, -0.1) is 11.3 Å². The number of benzene rings is 1. The van der Waals surface area contributed by atoms with E-state index in [4.69, 9.17) is 0 Å². The molecule has 0 aliphatic heterocycles. The van der Waals surface area contributed by atoms with Crippen molar-refractivity contribution in [1.82, 2.24) is 5.32 Å². The van der Waals surface area contributed by atoms with Gasteiger partial charge in [0.1, 0.15) is 0 Å². The molecule has 122 valence electrons. The molecule has 2 aromatic rings. The average molecular weight is 327 g/mol. The van der Waals surface area contributed by atoms with Gasteiger partial charge in [-0.25, -0.2) is 0 Å². The van der Waals surface area contributed by atoms with Crippen molar-refractivity contribution in [1.29, 1.82) is 0 Å². The highest BCUT2D eigenvalue weighted by molar-refractivity contribution is 7.10. The quantitative estimate of drug-likeness (QED) is 0.788. The van der Waals surface area contributed by atoms with Crippen LogP contribution in [0, 0.1) is 0 Å². The number of thiophene rings is 1. The van der Waals surface area contributed by atoms with E-state index in [2.05, 4.69) is 41.9 Å². The molecular weight excluding hydrogens is 302 g/mol. The maximum atomic E-state index is 12.6. The number of carbonyl (C=O) groups excluding carboxylic acids is 1. The van der Waals surface area contributed by atoms with E-state index in [-0.39, 0.29) is 11.9 Å². The number of fused-ring (bicyclic) bond motifs is 1. The summed E-state index contributed by atoms with van der Waals surface area (Å²) in [4.78, 5) is 14.0. The lowest BCUT2D eigenvalue weighted by molar-refractivity contribution is 0.0938. The van der Waals surface area contributed by atoms with Crippen LogP contribution >= 0.6 is 11.3 Å². The molecule has 1 N–H and O–H groups in total. The van der Waals surface area contributed by atoms with Crippen LogP contribution in [0.2, 0.25) is 0 Å². The smallest absolute Gasteiger partial charge is 0.252 e. The number of amides is 1. The molecule has 1 amide bonds. The van der Waals surface area contributed by atoms with Gasteiger partial charge < -0.3 is 5.32 Å². The summed E-state index contributed by atoms with van der Waals surface area (Å²) in [5.74, 6) is 0.116. The molecule has 0 bridgehead atoms. The lowest BCUT2D eigenvalue weighted by Crippen LogP contribution is -2.33. The zero-order valence-corrected chi connectivity index (χ0v) is 14.6. The molecule has 1 atom stereocenters. The first-order valence-electron chi connectivity index (χ1n) is 8.68. The first kappa shape index (κ1) is 16.3. The Balaban J connectivity index is 1.57. The number of nitrogens with one attached hydrogen (secondary N) is 1. The topological polar surface area (TPSA) is 29.1 Å². The Labute approximate surface area is 142 Å². The van der Waals surface area contributed by atoms with Gasteiger partial charge in [-0.3, -0.25) is 4.79 Å². The SMILES string of the molecule is C[C@H](CCc1ccccc1)NC(=O)c1csc2c1CCCCC2. The number of hydrogen-bond acceptors (Lipinski definition) is 2. The third-order valence-corrected chi connectivity index (χ3v) is 5.73. The van der Waals surface area contributed by atoms with Crippen LogP contribution in [0.25, 0.3) is 0 Å². The van der Waals surface area contributed by atoms with Crippen molar-refractivity contribution in [3.63, 3.8) is 0 Å². The minimum absolute atomic E-state index is 0.116. The van der Waals surface area contributed by atoms with Gasteiger partial charge in [-0.05, 0) is 56.6 Å². The monoisotopic (exact) mass is 327 g/mol. The third-order valence-electron chi connectivity index (χ3n) is 4.64. The van der Waals surface area contributed by atoms with Crippen molar-refractivity contribution in [2.45, 2.75) is 57.9 Å². The van der Waals surface area contributed by atoms with Gasteiger partial charge in [0, 0.05) is 16.3 Å². The lowest BCUT2D eigenvalue weighted by atomic mass is 10.0. The first-order valence-corrected chi connectivity index (χ1v) is 9.56. The van der Waals surface area contributed by atoms with E-state index in [1.807, 2.05) is 6.07 Å². The van der Waals surface area contributed by atoms with Crippen molar-refractivity contribution in [3.05, 3.63) is 57.3 Å². The molecule has 1 aliphatic carbocycles. The van der Waals surface area contributed by atoms with Crippen LogP contribution < -0.4 is 5.32 Å². The third kappa shape index (κ3) is 4.23. The largest absolute Gasteiger partial charge is 0.350 e. The second kappa shape index (κ2) is 7.78. The molecule has 3 heteroatoms. The molecule has 1 aliphatic rings. The molecule has 0 fully saturated rings. The normalized spacial score (nSPS) is 15.5. The average Bonchev–Trinajstić information content (AvgIpc) is 2.83. The second-order valence-corrected chi connectivity index (χ2v) is 7.47. The van der Waals surface area contributed by atoms with Gasteiger partial charge in [0.15, 0.2) is 0 Å². The predicted octanol–water partition coefficient (Wildman–Crippen LogP) is 4.77. The van der Waals surface area contributed by atoms with Gasteiger partial charge in [0.05, 0.1) is 5.56 Å². The molecule has 1 aromatic carbocycles. The fraction of sp³-hybridized carbons (Fsp3) is 0.450. The zero-order chi connectivity index (χ0) is 16.1. The molecule has 0 spiro atoms. The van der Waals surface area contributed by atoms with Crippen LogP contribution in [-0.4, -0.2) is 11.9 Å². The number of carbonyl (C=O) groups is 1. The molecule has 0 saturated carbocycles. The van der Waals surface area contributed by atoms with Gasteiger partial charge in [-0.1, -0.05) is 36.8 Å². The van der Waals surface area contributed by atoms with Gasteiger partial charge in [-0.2, -0.15) is 0 Å². The van der Waals surface area contributed by atoms with Gasteiger partial charge >= 0.3 is 0 Å². The van der Waals surface area contributed by atoms with Crippen molar-refractivity contribution in [2.75, 3.05) is 0 Å². The Morgan fingerprint density at radius 2 is 1.96 bits per heavy atom. The fourth-order valence-corrected chi connectivity index (χ4v) is 4.39. The van der Waals surface area contributed by atoms with E-state index in [0.717, 1.165) is 31.2 Å². The van der Waals surface area contributed by atoms with Crippen molar-refractivity contribution in [3.8, 4) is 0 Å². The highest BCUT2D eigenvalue weighted by Gasteiger charge is 2.20. The Morgan fingerprint density at radius 1 is 1.17 bits per heavy atom. The Morgan fingerprint density at radius 3 is 2.78 bits per heavy atom. The van der Waals surface area contributed by atoms with E-state index in [1.54, 1.807) is 11.3 Å². The van der Waals surface area contributed by atoms with Crippen LogP contribution in [0.5, 0.6) is 0 Å². The molecule has 0 unspecified atom stereocenters. The predicted molar refractivity (Wildman–Crippen MR) is 97.3 cm³/mol. The minimum atomic E-state index is 0.116. The molecular formula is C20H25NOS. The summed E-state index contributed by atoms with van der Waals surface area (Å²) in [7, 11) is 0. The molecule has 1 aromatic heterocycles. The number of rotatable bonds is 5. The van der Waals surface area contributed by atoms with Crippen LogP contribution in [0.3, 0.4) is 0 Å². The zero-order valence-electron chi connectivity index (χ0n) is 13.8. The Hall–Kier alpha value is -1.61. The Bertz CT molecular complexity index is 647. The minimum Gasteiger partial charge on any atom is -0.350 e. The van der Waals surface area contributed by atoms with Crippen LogP contribution in [0.4, 0.5) is 0 Å². The van der Waals surface area contributed by atoms with Gasteiger partial charge in [0.2, 0.25) is 0 Å². The second-order valence-electron chi connectivity index (χ2n) is 6.51. The number of aryl methyl sites for hydroxylation is 2. The van der Waals surface area contributed by atoms with Gasteiger partial charge in [0.25, 0.3) is 5.91 Å². The highest BCUT2D eigenvalue weighted by Crippen LogP contribution is 2.29. The summed E-state index contributed by atoms with van der Waals surface area (Å²) in [6.45, 7) is 2.10. The lowest BCUT2D eigenvalue weighted by Gasteiger charge is -2.14. The summed E-state index contributed by atoms with van der Waals surface area (Å²) in [6, 6.07) is 10.7. The maximum Gasteiger partial charge on any atom is 0.252 e. The van der Waals surface area contributed by atoms with E-state index < -0.39 is 0 Å². The summed E-state index contributed by atoms with van der Waals surface area (Å²) >= 11 is 1.77. The standard InChI is InChI=1S/C20H25NOS/c1-15(12-13-16-8-4-2-5-9-16)21-20(22)18-14-23-19-11-7-3-6-10-17(18)19/h2,4-5,8-9,14-15H,3,6-7,10-13H2,1H3,(H,21,22)/t15-/m1/s1. The Kier molecular flexibility index (Phi) is 5.50. The fourth-order valence-electron chi connectivity index (χ4n) is 3.26.